The molecule has 0 amide bonds. The van der Waals surface area contributed by atoms with Crippen LogP contribution >= 0.6 is 0 Å². The number of hydrogen-bond donors (Lipinski definition) is 2. The van der Waals surface area contributed by atoms with Crippen molar-refractivity contribution < 1.29 is 10.2 Å². The molecule has 2 N–H and O–H groups in total. The largest absolute Gasteiger partial charge is 0.396 e. The van der Waals surface area contributed by atoms with Crippen molar-refractivity contribution in [3.63, 3.8) is 0 Å². The van der Waals surface area contributed by atoms with E-state index in [9.17, 15) is 5.11 Å². The van der Waals surface area contributed by atoms with E-state index in [2.05, 4.69) is 31.1 Å². The van der Waals surface area contributed by atoms with Crippen molar-refractivity contribution >= 4 is 0 Å². The van der Waals surface area contributed by atoms with Crippen LogP contribution in [0.1, 0.15) is 97.1 Å². The second-order valence-electron chi connectivity index (χ2n) is 12.9. The van der Waals surface area contributed by atoms with Crippen LogP contribution in [-0.4, -0.2) is 37.9 Å². The molecule has 0 aliphatic heterocycles. The van der Waals surface area contributed by atoms with Crippen LogP contribution in [-0.2, 0) is 13.0 Å². The predicted molar refractivity (Wildman–Crippen MR) is 130 cm³/mol. The third-order valence-electron chi connectivity index (χ3n) is 11.4. The van der Waals surface area contributed by atoms with Gasteiger partial charge in [0.15, 0.2) is 0 Å². The molecule has 1 aromatic heterocycles. The Morgan fingerprint density at radius 1 is 1.06 bits per heavy atom. The highest BCUT2D eigenvalue weighted by Crippen LogP contribution is 2.68. The average molecular weight is 458 g/mol. The van der Waals surface area contributed by atoms with Crippen LogP contribution in [0.2, 0.25) is 0 Å². The van der Waals surface area contributed by atoms with Gasteiger partial charge in [-0.2, -0.15) is 0 Å². The first kappa shape index (κ1) is 23.8. The summed E-state index contributed by atoms with van der Waals surface area (Å²) in [7, 11) is 0. The summed E-state index contributed by atoms with van der Waals surface area (Å²) in [6.07, 6.45) is 16.8. The van der Waals surface area contributed by atoms with Crippen LogP contribution in [0, 0.1) is 46.3 Å². The average Bonchev–Trinajstić information content (AvgIpc) is 3.38. The molecule has 4 aliphatic carbocycles. The predicted octanol–water partition coefficient (Wildman–Crippen LogP) is 5.25. The van der Waals surface area contributed by atoms with Gasteiger partial charge in [0.25, 0.3) is 0 Å². The van der Waals surface area contributed by atoms with Gasteiger partial charge in [0.1, 0.15) is 0 Å². The third kappa shape index (κ3) is 4.20. The topological polar surface area (TPSA) is 71.2 Å². The molecule has 4 aliphatic rings. The molecule has 5 rings (SSSR count). The lowest BCUT2D eigenvalue weighted by Crippen LogP contribution is -2.54. The van der Waals surface area contributed by atoms with Crippen molar-refractivity contribution in [1.29, 1.82) is 0 Å². The van der Waals surface area contributed by atoms with Gasteiger partial charge in [0, 0.05) is 25.8 Å². The van der Waals surface area contributed by atoms with Gasteiger partial charge in [-0.1, -0.05) is 26.0 Å². The van der Waals surface area contributed by atoms with Crippen LogP contribution in [0.25, 0.3) is 0 Å². The zero-order valence-electron chi connectivity index (χ0n) is 21.3. The lowest BCUT2D eigenvalue weighted by atomic mass is 9.44. The van der Waals surface area contributed by atoms with Crippen LogP contribution < -0.4 is 0 Å². The van der Waals surface area contributed by atoms with Crippen molar-refractivity contribution in [2.45, 2.75) is 110 Å². The Bertz CT molecular complexity index is 811. The van der Waals surface area contributed by atoms with E-state index < -0.39 is 0 Å². The highest BCUT2D eigenvalue weighted by atomic mass is 16.3. The highest BCUT2D eigenvalue weighted by molar-refractivity contribution is 5.09. The van der Waals surface area contributed by atoms with Crippen LogP contribution in [0.15, 0.2) is 6.20 Å². The maximum absolute atomic E-state index is 10.3. The molecular formula is C28H47N3O2. The van der Waals surface area contributed by atoms with E-state index in [0.717, 1.165) is 67.0 Å². The molecule has 0 bridgehead atoms. The molecule has 186 valence electrons. The Morgan fingerprint density at radius 3 is 2.67 bits per heavy atom. The van der Waals surface area contributed by atoms with Gasteiger partial charge in [-0.15, -0.1) is 5.10 Å². The summed E-state index contributed by atoms with van der Waals surface area (Å²) < 4.78 is 1.96. The summed E-state index contributed by atoms with van der Waals surface area (Å²) in [5, 5.41) is 27.8. The van der Waals surface area contributed by atoms with Gasteiger partial charge in [-0.3, -0.25) is 4.68 Å². The minimum absolute atomic E-state index is 0.0380. The first-order valence-electron chi connectivity index (χ1n) is 14.0. The molecular weight excluding hydrogens is 410 g/mol. The molecule has 0 aromatic carbocycles. The lowest BCUT2D eigenvalue weighted by Gasteiger charge is -2.61. The second kappa shape index (κ2) is 9.26. The van der Waals surface area contributed by atoms with E-state index in [4.69, 9.17) is 5.11 Å². The summed E-state index contributed by atoms with van der Waals surface area (Å²) in [5.41, 5.74) is 1.91. The molecule has 1 heterocycles. The Morgan fingerprint density at radius 2 is 1.85 bits per heavy atom. The van der Waals surface area contributed by atoms with Gasteiger partial charge in [-0.25, -0.2) is 0 Å². The number of aromatic nitrogens is 3. The smallest absolute Gasteiger partial charge is 0.0849 e. The van der Waals surface area contributed by atoms with E-state index in [-0.39, 0.29) is 12.7 Å². The molecule has 9 atom stereocenters. The van der Waals surface area contributed by atoms with Crippen LogP contribution in [0.4, 0.5) is 0 Å². The fourth-order valence-electron chi connectivity index (χ4n) is 9.66. The van der Waals surface area contributed by atoms with Crippen molar-refractivity contribution in [2.24, 2.45) is 46.3 Å². The number of aryl methyl sites for hydroxylation is 1. The van der Waals surface area contributed by atoms with Crippen molar-refractivity contribution in [3.8, 4) is 0 Å². The van der Waals surface area contributed by atoms with Crippen molar-refractivity contribution in [1.82, 2.24) is 15.0 Å². The Hall–Kier alpha value is -0.940. The van der Waals surface area contributed by atoms with Gasteiger partial charge in [0.05, 0.1) is 11.8 Å². The first-order chi connectivity index (χ1) is 15.8. The van der Waals surface area contributed by atoms with Crippen LogP contribution in [0.3, 0.4) is 0 Å². The zero-order chi connectivity index (χ0) is 23.2. The molecule has 33 heavy (non-hydrogen) atoms. The van der Waals surface area contributed by atoms with E-state index in [1.165, 1.54) is 51.4 Å². The quantitative estimate of drug-likeness (QED) is 0.587. The monoisotopic (exact) mass is 457 g/mol. The van der Waals surface area contributed by atoms with Gasteiger partial charge in [0.2, 0.25) is 0 Å². The third-order valence-corrected chi connectivity index (χ3v) is 11.4. The van der Waals surface area contributed by atoms with E-state index in [1.54, 1.807) is 0 Å². The highest BCUT2D eigenvalue weighted by Gasteiger charge is 2.60. The van der Waals surface area contributed by atoms with Gasteiger partial charge < -0.3 is 10.2 Å². The minimum Gasteiger partial charge on any atom is -0.396 e. The summed E-state index contributed by atoms with van der Waals surface area (Å²) in [6.45, 7) is 8.87. The maximum Gasteiger partial charge on any atom is 0.0849 e. The molecule has 4 fully saturated rings. The minimum atomic E-state index is -0.0380. The number of rotatable bonds is 7. The summed E-state index contributed by atoms with van der Waals surface area (Å²) in [5.74, 6) is 5.15. The Balaban J connectivity index is 1.20. The molecule has 4 saturated carbocycles. The van der Waals surface area contributed by atoms with E-state index >= 15 is 0 Å². The summed E-state index contributed by atoms with van der Waals surface area (Å²) >= 11 is 0. The fourth-order valence-corrected chi connectivity index (χ4v) is 9.66. The molecule has 1 aromatic rings. The fraction of sp³-hybridized carbons (Fsp3) is 0.929. The SMILES string of the molecule is C[C@H](CCCn1cc(CCO)nn1)[C@H]1CC[C@H]2[C@@H]3CC[C@@H]4C[C@H](O)CC[C@]4(C)[C@H]3CC[C@]12C. The normalized spacial score (nSPS) is 43.5. The lowest BCUT2D eigenvalue weighted by molar-refractivity contribution is -0.129. The van der Waals surface area contributed by atoms with Gasteiger partial charge in [-0.05, 0) is 117 Å². The molecule has 0 unspecified atom stereocenters. The van der Waals surface area contributed by atoms with E-state index in [0.29, 0.717) is 17.3 Å². The maximum atomic E-state index is 10.3. The second-order valence-corrected chi connectivity index (χ2v) is 12.9. The first-order valence-corrected chi connectivity index (χ1v) is 14.0. The standard InChI is InChI=1S/C28H47N3O2/c1-19(5-4-15-31-18-21(12-16-32)29-30-31)24-8-9-25-23-7-6-20-17-22(33)10-13-27(20,2)26(23)11-14-28(24,25)3/h18-20,22-26,32-33H,4-17H2,1-3H3/t19-,20-,22-,23+,24-,25+,26+,27+,28-/m1/s1. The molecule has 0 spiro atoms. The summed E-state index contributed by atoms with van der Waals surface area (Å²) in [6, 6.07) is 0. The number of aliphatic hydroxyl groups is 2. The molecule has 0 saturated heterocycles. The number of aliphatic hydroxyl groups excluding tert-OH is 2. The summed E-state index contributed by atoms with van der Waals surface area (Å²) in [4.78, 5) is 0. The Kier molecular flexibility index (Phi) is 6.67. The van der Waals surface area contributed by atoms with E-state index in [1.807, 2.05) is 10.9 Å². The molecule has 0 radical (unpaired) electrons. The number of fused-ring (bicyclic) bond motifs is 5. The van der Waals surface area contributed by atoms with Crippen molar-refractivity contribution in [3.05, 3.63) is 11.9 Å². The number of nitrogens with zero attached hydrogens (tertiary/aromatic N) is 3. The molecule has 5 nitrogen and oxygen atoms in total. The van der Waals surface area contributed by atoms with Crippen molar-refractivity contribution in [2.75, 3.05) is 6.61 Å². The number of hydrogen-bond acceptors (Lipinski definition) is 4. The zero-order valence-corrected chi connectivity index (χ0v) is 21.3. The van der Waals surface area contributed by atoms with Crippen LogP contribution in [0.5, 0.6) is 0 Å². The van der Waals surface area contributed by atoms with Gasteiger partial charge >= 0.3 is 0 Å². The Labute approximate surface area is 200 Å². The molecule has 5 heteroatoms.